The van der Waals surface area contributed by atoms with Crippen LogP contribution in [0.15, 0.2) is 30.6 Å². The number of carboxylic acid groups (broad SMARTS) is 1. The van der Waals surface area contributed by atoms with Gasteiger partial charge in [-0.05, 0) is 18.2 Å². The summed E-state index contributed by atoms with van der Waals surface area (Å²) in [6.07, 6.45) is 2.67. The number of halogens is 2. The van der Waals surface area contributed by atoms with Gasteiger partial charge in [0.25, 0.3) is 0 Å². The molecule has 0 aliphatic rings. The molecule has 0 amide bonds. The van der Waals surface area contributed by atoms with Crippen molar-refractivity contribution in [1.29, 1.82) is 0 Å². The van der Waals surface area contributed by atoms with Crippen molar-refractivity contribution >= 4 is 29.2 Å². The number of carboxylic acids is 1. The lowest BCUT2D eigenvalue weighted by molar-refractivity contribution is 0.0694. The van der Waals surface area contributed by atoms with Gasteiger partial charge in [0.2, 0.25) is 5.88 Å². The average Bonchev–Trinajstić information content (AvgIpc) is 2.31. The molecule has 0 fully saturated rings. The lowest BCUT2D eigenvalue weighted by Crippen LogP contribution is -2.00. The lowest BCUT2D eigenvalue weighted by atomic mass is 10.2. The molecular formula is C11H6Cl2N2O3. The fraction of sp³-hybridized carbons (Fsp3) is 0. The minimum atomic E-state index is -1.15. The van der Waals surface area contributed by atoms with E-state index in [-0.39, 0.29) is 22.3 Å². The zero-order valence-electron chi connectivity index (χ0n) is 8.80. The average molecular weight is 285 g/mol. The standard InChI is InChI=1S/C11H6Cl2N2O3/c12-6-1-2-8(7(3-6)11(16)17)18-10-5-14-4-9(13)15-10/h1-5H,(H,16,17). The third-order valence-corrected chi connectivity index (χ3v) is 2.39. The Kier molecular flexibility index (Phi) is 3.64. The third-order valence-electron chi connectivity index (χ3n) is 1.97. The first-order valence-corrected chi connectivity index (χ1v) is 5.50. The van der Waals surface area contributed by atoms with E-state index in [1.165, 1.54) is 30.6 Å². The molecule has 0 aliphatic carbocycles. The van der Waals surface area contributed by atoms with Crippen molar-refractivity contribution in [2.24, 2.45) is 0 Å². The molecule has 2 rings (SSSR count). The van der Waals surface area contributed by atoms with E-state index in [1.807, 2.05) is 0 Å². The molecule has 2 aromatic rings. The molecule has 0 radical (unpaired) electrons. The number of carbonyl (C=O) groups is 1. The molecule has 0 unspecified atom stereocenters. The number of nitrogens with zero attached hydrogens (tertiary/aromatic N) is 2. The first kappa shape index (κ1) is 12.6. The van der Waals surface area contributed by atoms with Crippen LogP contribution in [0.3, 0.4) is 0 Å². The molecule has 0 spiro atoms. The zero-order chi connectivity index (χ0) is 13.1. The summed E-state index contributed by atoms with van der Waals surface area (Å²) in [6.45, 7) is 0. The van der Waals surface area contributed by atoms with Gasteiger partial charge in [-0.15, -0.1) is 0 Å². The van der Waals surface area contributed by atoms with E-state index in [0.717, 1.165) is 0 Å². The Morgan fingerprint density at radius 1 is 1.28 bits per heavy atom. The Bertz CT molecular complexity index is 605. The van der Waals surface area contributed by atoms with E-state index in [4.69, 9.17) is 33.0 Å². The Balaban J connectivity index is 2.37. The molecule has 0 atom stereocenters. The molecule has 7 heteroatoms. The highest BCUT2D eigenvalue weighted by Gasteiger charge is 2.13. The van der Waals surface area contributed by atoms with Crippen molar-refractivity contribution in [3.05, 3.63) is 46.3 Å². The second kappa shape index (κ2) is 5.20. The SMILES string of the molecule is O=C(O)c1cc(Cl)ccc1Oc1cncc(Cl)n1. The van der Waals surface area contributed by atoms with Gasteiger partial charge in [-0.2, -0.15) is 4.98 Å². The number of aromatic carboxylic acids is 1. The van der Waals surface area contributed by atoms with E-state index in [1.54, 1.807) is 0 Å². The lowest BCUT2D eigenvalue weighted by Gasteiger charge is -2.07. The molecule has 1 heterocycles. The second-order valence-corrected chi connectivity index (χ2v) is 4.05. The van der Waals surface area contributed by atoms with Crippen LogP contribution in [-0.4, -0.2) is 21.0 Å². The maximum Gasteiger partial charge on any atom is 0.339 e. The third kappa shape index (κ3) is 2.88. The van der Waals surface area contributed by atoms with Crippen LogP contribution in [0.4, 0.5) is 0 Å². The van der Waals surface area contributed by atoms with Crippen LogP contribution < -0.4 is 4.74 Å². The predicted molar refractivity (Wildman–Crippen MR) is 65.5 cm³/mol. The molecule has 1 aromatic heterocycles. The van der Waals surface area contributed by atoms with Crippen molar-refractivity contribution in [2.75, 3.05) is 0 Å². The van der Waals surface area contributed by atoms with Gasteiger partial charge in [0.15, 0.2) is 5.15 Å². The van der Waals surface area contributed by atoms with Crippen LogP contribution in [-0.2, 0) is 0 Å². The van der Waals surface area contributed by atoms with Crippen LogP contribution in [0.25, 0.3) is 0 Å². The number of hydrogen-bond acceptors (Lipinski definition) is 4. The highest BCUT2D eigenvalue weighted by molar-refractivity contribution is 6.31. The number of rotatable bonds is 3. The topological polar surface area (TPSA) is 72.3 Å². The summed E-state index contributed by atoms with van der Waals surface area (Å²) >= 11 is 11.4. The molecule has 5 nitrogen and oxygen atoms in total. The zero-order valence-corrected chi connectivity index (χ0v) is 10.3. The van der Waals surface area contributed by atoms with Gasteiger partial charge in [-0.25, -0.2) is 4.79 Å². The second-order valence-electron chi connectivity index (χ2n) is 3.23. The molecule has 18 heavy (non-hydrogen) atoms. The summed E-state index contributed by atoms with van der Waals surface area (Å²) in [7, 11) is 0. The number of benzene rings is 1. The van der Waals surface area contributed by atoms with E-state index in [0.29, 0.717) is 5.02 Å². The number of hydrogen-bond donors (Lipinski definition) is 1. The highest BCUT2D eigenvalue weighted by atomic mass is 35.5. The molecule has 0 saturated carbocycles. The van der Waals surface area contributed by atoms with Crippen LogP contribution in [0.1, 0.15) is 10.4 Å². The largest absolute Gasteiger partial charge is 0.478 e. The van der Waals surface area contributed by atoms with Crippen LogP contribution in [0, 0.1) is 0 Å². The summed E-state index contributed by atoms with van der Waals surface area (Å²) in [5, 5.41) is 9.48. The summed E-state index contributed by atoms with van der Waals surface area (Å²) in [4.78, 5) is 18.7. The normalized spacial score (nSPS) is 10.1. The summed E-state index contributed by atoms with van der Waals surface area (Å²) in [5.41, 5.74) is -0.0655. The molecular weight excluding hydrogens is 279 g/mol. The van der Waals surface area contributed by atoms with Crippen LogP contribution in [0.2, 0.25) is 10.2 Å². The van der Waals surface area contributed by atoms with Gasteiger partial charge < -0.3 is 9.84 Å². The monoisotopic (exact) mass is 284 g/mol. The van der Waals surface area contributed by atoms with Gasteiger partial charge >= 0.3 is 5.97 Å². The summed E-state index contributed by atoms with van der Waals surface area (Å²) in [5.74, 6) is -0.932. The van der Waals surface area contributed by atoms with E-state index < -0.39 is 5.97 Å². The van der Waals surface area contributed by atoms with Crippen molar-refractivity contribution in [3.8, 4) is 11.6 Å². The molecule has 0 aliphatic heterocycles. The van der Waals surface area contributed by atoms with Crippen molar-refractivity contribution in [2.45, 2.75) is 0 Å². The predicted octanol–water partition coefficient (Wildman–Crippen LogP) is 3.27. The maximum atomic E-state index is 11.0. The molecule has 92 valence electrons. The number of aromatic nitrogens is 2. The molecule has 0 bridgehead atoms. The van der Waals surface area contributed by atoms with Crippen molar-refractivity contribution in [1.82, 2.24) is 9.97 Å². The maximum absolute atomic E-state index is 11.0. The Morgan fingerprint density at radius 3 is 2.72 bits per heavy atom. The van der Waals surface area contributed by atoms with Crippen molar-refractivity contribution < 1.29 is 14.6 Å². The molecule has 1 aromatic carbocycles. The first-order chi connectivity index (χ1) is 8.56. The molecule has 1 N–H and O–H groups in total. The number of ether oxygens (including phenoxy) is 1. The van der Waals surface area contributed by atoms with E-state index in [2.05, 4.69) is 9.97 Å². The van der Waals surface area contributed by atoms with Crippen LogP contribution in [0.5, 0.6) is 11.6 Å². The van der Waals surface area contributed by atoms with Crippen molar-refractivity contribution in [3.63, 3.8) is 0 Å². The van der Waals surface area contributed by atoms with Crippen LogP contribution >= 0.6 is 23.2 Å². The minimum absolute atomic E-state index is 0.0655. The van der Waals surface area contributed by atoms with Gasteiger partial charge in [0, 0.05) is 5.02 Å². The first-order valence-electron chi connectivity index (χ1n) is 4.74. The summed E-state index contributed by atoms with van der Waals surface area (Å²) < 4.78 is 5.31. The quantitative estimate of drug-likeness (QED) is 0.936. The van der Waals surface area contributed by atoms with Gasteiger partial charge in [-0.3, -0.25) is 4.98 Å². The highest BCUT2D eigenvalue weighted by Crippen LogP contribution is 2.27. The van der Waals surface area contributed by atoms with E-state index in [9.17, 15) is 4.79 Å². The minimum Gasteiger partial charge on any atom is -0.478 e. The smallest absolute Gasteiger partial charge is 0.339 e. The molecule has 0 saturated heterocycles. The Morgan fingerprint density at radius 2 is 2.06 bits per heavy atom. The Hall–Kier alpha value is -1.85. The van der Waals surface area contributed by atoms with Gasteiger partial charge in [-0.1, -0.05) is 23.2 Å². The van der Waals surface area contributed by atoms with Gasteiger partial charge in [0.1, 0.15) is 11.3 Å². The van der Waals surface area contributed by atoms with Gasteiger partial charge in [0.05, 0.1) is 12.4 Å². The summed E-state index contributed by atoms with van der Waals surface area (Å²) in [6, 6.07) is 4.24. The Labute approximate surface area is 112 Å². The fourth-order valence-corrected chi connectivity index (χ4v) is 1.56. The fourth-order valence-electron chi connectivity index (χ4n) is 1.25. The van der Waals surface area contributed by atoms with E-state index >= 15 is 0 Å².